The van der Waals surface area contributed by atoms with E-state index in [9.17, 15) is 0 Å². The summed E-state index contributed by atoms with van der Waals surface area (Å²) in [7, 11) is 0. The number of para-hydroxylation sites is 1. The number of hydrogen-bond donors (Lipinski definition) is 0. The Morgan fingerprint density at radius 2 is 1.27 bits per heavy atom. The topological polar surface area (TPSA) is 3.24 Å². The Morgan fingerprint density at radius 1 is 0.727 bits per heavy atom. The standard InChI is InChI=1S/C21H21N/c1-2-8-15(7-1)20-13-17-14-21(16-9-3-4-10-16)22(20)19-12-6-5-11-18(17)19/h1-12,15-17,20-21H,13-14H2. The fourth-order valence-corrected chi connectivity index (χ4v) is 4.93. The summed E-state index contributed by atoms with van der Waals surface area (Å²) >= 11 is 0. The van der Waals surface area contributed by atoms with Crippen LogP contribution in [0.4, 0.5) is 5.69 Å². The SMILES string of the molecule is C1=CC(C2CC3CC(C4C=CC=C4)N2c2ccccc23)C=C1. The van der Waals surface area contributed by atoms with Gasteiger partial charge in [-0.15, -0.1) is 0 Å². The first kappa shape index (κ1) is 12.5. The van der Waals surface area contributed by atoms with Gasteiger partial charge >= 0.3 is 0 Å². The van der Waals surface area contributed by atoms with Crippen molar-refractivity contribution in [1.82, 2.24) is 0 Å². The zero-order valence-corrected chi connectivity index (χ0v) is 12.7. The summed E-state index contributed by atoms with van der Waals surface area (Å²) in [5, 5.41) is 0. The normalized spacial score (nSPS) is 32.4. The maximum absolute atomic E-state index is 2.75. The van der Waals surface area contributed by atoms with Crippen molar-refractivity contribution in [1.29, 1.82) is 0 Å². The summed E-state index contributed by atoms with van der Waals surface area (Å²) in [5.41, 5.74) is 3.06. The van der Waals surface area contributed by atoms with Crippen LogP contribution in [0.5, 0.6) is 0 Å². The molecule has 0 N–H and O–H groups in total. The van der Waals surface area contributed by atoms with Crippen molar-refractivity contribution < 1.29 is 0 Å². The lowest BCUT2D eigenvalue weighted by Gasteiger charge is -2.55. The van der Waals surface area contributed by atoms with Crippen LogP contribution in [0.25, 0.3) is 0 Å². The molecule has 1 nitrogen and oxygen atoms in total. The fourth-order valence-electron chi connectivity index (χ4n) is 4.93. The van der Waals surface area contributed by atoms with Gasteiger partial charge in [-0.25, -0.2) is 0 Å². The van der Waals surface area contributed by atoms with Gasteiger partial charge in [-0.05, 0) is 30.4 Å². The van der Waals surface area contributed by atoms with Gasteiger partial charge in [0.05, 0.1) is 0 Å². The van der Waals surface area contributed by atoms with E-state index < -0.39 is 0 Å². The largest absolute Gasteiger partial charge is 0.363 e. The van der Waals surface area contributed by atoms with Crippen LogP contribution in [0.15, 0.2) is 72.9 Å². The molecule has 2 bridgehead atoms. The fraction of sp³-hybridized carbons (Fsp3) is 0.333. The average molecular weight is 287 g/mol. The average Bonchev–Trinajstić information content (AvgIpc) is 3.28. The van der Waals surface area contributed by atoms with E-state index in [0.717, 1.165) is 5.92 Å². The third-order valence-corrected chi connectivity index (χ3v) is 5.87. The molecule has 1 heteroatoms. The van der Waals surface area contributed by atoms with Crippen molar-refractivity contribution in [2.45, 2.75) is 30.8 Å². The molecule has 1 aromatic rings. The van der Waals surface area contributed by atoms with Crippen molar-refractivity contribution in [3.63, 3.8) is 0 Å². The summed E-state index contributed by atoms with van der Waals surface area (Å²) in [6, 6.07) is 10.3. The third-order valence-electron chi connectivity index (χ3n) is 5.87. The lowest BCUT2D eigenvalue weighted by Crippen LogP contribution is -2.57. The van der Waals surface area contributed by atoms with Crippen molar-refractivity contribution in [2.24, 2.45) is 11.8 Å². The van der Waals surface area contributed by atoms with E-state index in [1.165, 1.54) is 18.5 Å². The second-order valence-electron chi connectivity index (χ2n) is 6.96. The minimum atomic E-state index is 0.577. The Labute approximate surface area is 132 Å². The van der Waals surface area contributed by atoms with Crippen LogP contribution in [-0.4, -0.2) is 12.1 Å². The number of allylic oxidation sites excluding steroid dienone is 4. The van der Waals surface area contributed by atoms with Gasteiger partial charge in [0.1, 0.15) is 0 Å². The number of piperidine rings is 1. The molecule has 0 aromatic heterocycles. The number of rotatable bonds is 2. The molecule has 0 radical (unpaired) electrons. The zero-order valence-electron chi connectivity index (χ0n) is 12.7. The van der Waals surface area contributed by atoms with Gasteiger partial charge in [0, 0.05) is 29.6 Å². The van der Waals surface area contributed by atoms with E-state index in [0.29, 0.717) is 23.9 Å². The lowest BCUT2D eigenvalue weighted by molar-refractivity contribution is 0.279. The van der Waals surface area contributed by atoms with Gasteiger partial charge < -0.3 is 4.90 Å². The zero-order chi connectivity index (χ0) is 14.5. The highest BCUT2D eigenvalue weighted by Gasteiger charge is 2.46. The Hall–Kier alpha value is -2.02. The van der Waals surface area contributed by atoms with E-state index in [4.69, 9.17) is 0 Å². The molecule has 1 aromatic carbocycles. The predicted octanol–water partition coefficient (Wildman–Crippen LogP) is 4.61. The Kier molecular flexibility index (Phi) is 2.70. The quantitative estimate of drug-likeness (QED) is 0.768. The molecule has 1 saturated heterocycles. The van der Waals surface area contributed by atoms with Crippen molar-refractivity contribution >= 4 is 5.69 Å². The molecule has 0 saturated carbocycles. The van der Waals surface area contributed by atoms with Crippen molar-refractivity contribution in [2.75, 3.05) is 4.90 Å². The highest BCUT2D eigenvalue weighted by molar-refractivity contribution is 5.62. The highest BCUT2D eigenvalue weighted by atomic mass is 15.2. The van der Waals surface area contributed by atoms with Gasteiger partial charge in [-0.3, -0.25) is 0 Å². The van der Waals surface area contributed by atoms with E-state index >= 15 is 0 Å². The van der Waals surface area contributed by atoms with Crippen LogP contribution < -0.4 is 4.90 Å². The van der Waals surface area contributed by atoms with Crippen LogP contribution in [0, 0.1) is 11.8 Å². The number of nitrogens with zero attached hydrogens (tertiary/aromatic N) is 1. The summed E-state index contributed by atoms with van der Waals surface area (Å²) < 4.78 is 0. The minimum absolute atomic E-state index is 0.577. The molecule has 2 unspecified atom stereocenters. The second kappa shape index (κ2) is 4.74. The van der Waals surface area contributed by atoms with Crippen molar-refractivity contribution in [3.8, 4) is 0 Å². The molecule has 2 atom stereocenters. The number of benzene rings is 1. The molecule has 3 aliphatic heterocycles. The lowest BCUT2D eigenvalue weighted by atomic mass is 9.70. The minimum Gasteiger partial charge on any atom is -0.363 e. The number of hydrogen-bond acceptors (Lipinski definition) is 1. The molecule has 0 amide bonds. The van der Waals surface area contributed by atoms with Gasteiger partial charge in [-0.2, -0.15) is 0 Å². The van der Waals surface area contributed by atoms with E-state index in [1.807, 2.05) is 0 Å². The Morgan fingerprint density at radius 3 is 1.86 bits per heavy atom. The summed E-state index contributed by atoms with van der Waals surface area (Å²) in [4.78, 5) is 2.75. The van der Waals surface area contributed by atoms with E-state index in [-0.39, 0.29) is 0 Å². The Bertz CT molecular complexity index is 646. The molecular weight excluding hydrogens is 266 g/mol. The summed E-state index contributed by atoms with van der Waals surface area (Å²) in [6.07, 6.45) is 21.0. The number of anilines is 1. The molecule has 1 fully saturated rings. The van der Waals surface area contributed by atoms with Crippen molar-refractivity contribution in [3.05, 3.63) is 78.4 Å². The summed E-state index contributed by atoms with van der Waals surface area (Å²) in [6.45, 7) is 0. The predicted molar refractivity (Wildman–Crippen MR) is 92.0 cm³/mol. The van der Waals surface area contributed by atoms with Gasteiger partial charge in [0.25, 0.3) is 0 Å². The van der Waals surface area contributed by atoms with Gasteiger partial charge in [0.2, 0.25) is 0 Å². The molecule has 5 aliphatic rings. The molecule has 6 rings (SSSR count). The number of fused-ring (bicyclic) bond motifs is 2. The van der Waals surface area contributed by atoms with Crippen LogP contribution >= 0.6 is 0 Å². The summed E-state index contributed by atoms with van der Waals surface area (Å²) in [5.74, 6) is 1.88. The van der Waals surface area contributed by atoms with Gasteiger partial charge in [0.15, 0.2) is 0 Å². The highest BCUT2D eigenvalue weighted by Crippen LogP contribution is 2.52. The second-order valence-corrected chi connectivity index (χ2v) is 6.96. The molecule has 0 spiro atoms. The van der Waals surface area contributed by atoms with E-state index in [1.54, 1.807) is 5.56 Å². The van der Waals surface area contributed by atoms with Gasteiger partial charge in [-0.1, -0.05) is 66.8 Å². The third kappa shape index (κ3) is 1.71. The van der Waals surface area contributed by atoms with Crippen LogP contribution in [0.2, 0.25) is 0 Å². The first-order valence-corrected chi connectivity index (χ1v) is 8.49. The van der Waals surface area contributed by atoms with Crippen LogP contribution in [0.3, 0.4) is 0 Å². The molecule has 110 valence electrons. The molecule has 3 heterocycles. The molecular formula is C21H21N. The van der Waals surface area contributed by atoms with E-state index in [2.05, 4.69) is 77.8 Å². The van der Waals surface area contributed by atoms with Crippen LogP contribution in [0.1, 0.15) is 24.3 Å². The Balaban J connectivity index is 1.60. The maximum atomic E-state index is 2.75. The monoisotopic (exact) mass is 287 g/mol. The first-order valence-electron chi connectivity index (χ1n) is 8.49. The first-order chi connectivity index (χ1) is 10.9. The molecule has 22 heavy (non-hydrogen) atoms. The maximum Gasteiger partial charge on any atom is 0.0407 e. The van der Waals surface area contributed by atoms with Crippen LogP contribution in [-0.2, 0) is 0 Å². The molecule has 2 aliphatic carbocycles. The smallest absolute Gasteiger partial charge is 0.0407 e.